The van der Waals surface area contributed by atoms with E-state index in [0.29, 0.717) is 5.56 Å². The molecular weight excluding hydrogens is 331 g/mol. The van der Waals surface area contributed by atoms with E-state index >= 15 is 0 Å². The highest BCUT2D eigenvalue weighted by atomic mass is 35.5. The molecule has 0 saturated carbocycles. The second-order valence-electron chi connectivity index (χ2n) is 5.08. The molecular formula is C18H12Cl2N2O. The normalized spacial score (nSPS) is 10.7. The van der Waals surface area contributed by atoms with E-state index in [2.05, 4.69) is 11.1 Å². The highest BCUT2D eigenvalue weighted by Crippen LogP contribution is 2.27. The van der Waals surface area contributed by atoms with Gasteiger partial charge in [0, 0.05) is 28.9 Å². The van der Waals surface area contributed by atoms with Gasteiger partial charge in [-0.3, -0.25) is 9.78 Å². The van der Waals surface area contributed by atoms with Crippen LogP contribution in [0.5, 0.6) is 0 Å². The standard InChI is InChI=1S/C18H11ClN2O.ClH/c19-18(22)15-11-21(17-6-2-1-5-14(15)17)13-7-8-16-12(10-13)4-3-9-20-16;/h1-11H;1H. The molecule has 0 fully saturated rings. The number of nitrogens with zero attached hydrogens (tertiary/aromatic N) is 2. The first-order valence-corrected chi connectivity index (χ1v) is 7.27. The summed E-state index contributed by atoms with van der Waals surface area (Å²) in [5.41, 5.74) is 3.38. The molecule has 2 aromatic heterocycles. The molecule has 0 bridgehead atoms. The van der Waals surface area contributed by atoms with E-state index in [1.165, 1.54) is 0 Å². The Bertz CT molecular complexity index is 1020. The maximum atomic E-state index is 11.7. The van der Waals surface area contributed by atoms with Crippen molar-refractivity contribution in [3.05, 3.63) is 72.6 Å². The second-order valence-corrected chi connectivity index (χ2v) is 5.43. The van der Waals surface area contributed by atoms with Crippen LogP contribution in [0.4, 0.5) is 0 Å². The minimum absolute atomic E-state index is 0. The summed E-state index contributed by atoms with van der Waals surface area (Å²) in [5.74, 6) is 0. The SMILES string of the molecule is Cl.O=C(Cl)c1cn(-c2ccc3ncccc3c2)c2ccccc12. The van der Waals surface area contributed by atoms with Gasteiger partial charge < -0.3 is 4.57 Å². The Balaban J connectivity index is 0.00000156. The third-order valence-corrected chi connectivity index (χ3v) is 3.99. The smallest absolute Gasteiger partial charge is 0.254 e. The zero-order valence-electron chi connectivity index (χ0n) is 11.9. The van der Waals surface area contributed by atoms with E-state index < -0.39 is 5.24 Å². The minimum atomic E-state index is -0.447. The molecule has 0 aliphatic heterocycles. The molecule has 0 atom stereocenters. The van der Waals surface area contributed by atoms with E-state index in [4.69, 9.17) is 11.6 Å². The number of rotatable bonds is 2. The van der Waals surface area contributed by atoms with Gasteiger partial charge >= 0.3 is 0 Å². The quantitative estimate of drug-likeness (QED) is 0.481. The first-order chi connectivity index (χ1) is 10.7. The number of carbonyl (C=O) groups excluding carboxylic acids is 1. The summed E-state index contributed by atoms with van der Waals surface area (Å²) >= 11 is 5.72. The number of hydrogen-bond donors (Lipinski definition) is 0. The first-order valence-electron chi connectivity index (χ1n) is 6.89. The van der Waals surface area contributed by atoms with Crippen molar-refractivity contribution in [3.63, 3.8) is 0 Å². The van der Waals surface area contributed by atoms with Crippen LogP contribution in [-0.2, 0) is 0 Å². The third kappa shape index (κ3) is 2.58. The average molecular weight is 343 g/mol. The fourth-order valence-electron chi connectivity index (χ4n) is 2.76. The van der Waals surface area contributed by atoms with Gasteiger partial charge in [0.2, 0.25) is 0 Å². The number of benzene rings is 2. The van der Waals surface area contributed by atoms with E-state index in [1.54, 1.807) is 12.4 Å². The van der Waals surface area contributed by atoms with Crippen molar-refractivity contribution < 1.29 is 4.79 Å². The molecule has 0 amide bonds. The van der Waals surface area contributed by atoms with Crippen LogP contribution in [0.2, 0.25) is 0 Å². The maximum absolute atomic E-state index is 11.7. The van der Waals surface area contributed by atoms with Crippen LogP contribution >= 0.6 is 24.0 Å². The van der Waals surface area contributed by atoms with Crippen molar-refractivity contribution in [1.29, 1.82) is 0 Å². The van der Waals surface area contributed by atoms with Crippen molar-refractivity contribution in [3.8, 4) is 5.69 Å². The number of aromatic nitrogens is 2. The Morgan fingerprint density at radius 1 is 1.04 bits per heavy atom. The monoisotopic (exact) mass is 342 g/mol. The van der Waals surface area contributed by atoms with Crippen LogP contribution < -0.4 is 0 Å². The number of halogens is 2. The Hall–Kier alpha value is -2.36. The van der Waals surface area contributed by atoms with Gasteiger partial charge in [0.25, 0.3) is 5.24 Å². The molecule has 5 heteroatoms. The first kappa shape index (κ1) is 15.5. The molecule has 23 heavy (non-hydrogen) atoms. The molecule has 0 saturated heterocycles. The van der Waals surface area contributed by atoms with Gasteiger partial charge in [0.15, 0.2) is 0 Å². The van der Waals surface area contributed by atoms with Gasteiger partial charge in [-0.1, -0.05) is 24.3 Å². The van der Waals surface area contributed by atoms with Crippen molar-refractivity contribution in [2.45, 2.75) is 0 Å². The third-order valence-electron chi connectivity index (χ3n) is 3.79. The van der Waals surface area contributed by atoms with E-state index in [-0.39, 0.29) is 12.4 Å². The average Bonchev–Trinajstić information content (AvgIpc) is 2.94. The molecule has 3 nitrogen and oxygen atoms in total. The fourth-order valence-corrected chi connectivity index (χ4v) is 2.91. The van der Waals surface area contributed by atoms with E-state index in [1.807, 2.05) is 53.1 Å². The van der Waals surface area contributed by atoms with Gasteiger partial charge in [-0.15, -0.1) is 12.4 Å². The van der Waals surface area contributed by atoms with E-state index in [0.717, 1.165) is 27.5 Å². The summed E-state index contributed by atoms with van der Waals surface area (Å²) in [4.78, 5) is 16.0. The lowest BCUT2D eigenvalue weighted by Crippen LogP contribution is -1.92. The van der Waals surface area contributed by atoms with Crippen LogP contribution in [0.25, 0.3) is 27.5 Å². The van der Waals surface area contributed by atoms with Gasteiger partial charge in [-0.2, -0.15) is 0 Å². The van der Waals surface area contributed by atoms with Crippen molar-refractivity contribution in [2.75, 3.05) is 0 Å². The number of carbonyl (C=O) groups is 1. The molecule has 4 rings (SSSR count). The molecule has 114 valence electrons. The highest BCUT2D eigenvalue weighted by molar-refractivity contribution is 6.68. The summed E-state index contributed by atoms with van der Waals surface area (Å²) in [5, 5.41) is 1.46. The van der Waals surface area contributed by atoms with Crippen LogP contribution in [0.15, 0.2) is 67.0 Å². The predicted octanol–water partition coefficient (Wildman–Crippen LogP) is 4.98. The van der Waals surface area contributed by atoms with Gasteiger partial charge in [-0.05, 0) is 41.9 Å². The van der Waals surface area contributed by atoms with Crippen molar-refractivity contribution >= 4 is 51.1 Å². The van der Waals surface area contributed by atoms with Crippen LogP contribution in [-0.4, -0.2) is 14.8 Å². The Labute approximate surface area is 143 Å². The molecule has 2 aromatic carbocycles. The van der Waals surface area contributed by atoms with Crippen LogP contribution in [0.3, 0.4) is 0 Å². The lowest BCUT2D eigenvalue weighted by Gasteiger charge is -2.06. The summed E-state index contributed by atoms with van der Waals surface area (Å²) in [6.07, 6.45) is 3.56. The molecule has 0 radical (unpaired) electrons. The fraction of sp³-hybridized carbons (Fsp3) is 0. The van der Waals surface area contributed by atoms with Crippen LogP contribution in [0.1, 0.15) is 10.4 Å². The lowest BCUT2D eigenvalue weighted by molar-refractivity contribution is 0.108. The molecule has 0 unspecified atom stereocenters. The second kappa shape index (κ2) is 6.03. The minimum Gasteiger partial charge on any atom is -0.316 e. The maximum Gasteiger partial charge on any atom is 0.254 e. The molecule has 2 heterocycles. The Kier molecular flexibility index (Phi) is 4.07. The topological polar surface area (TPSA) is 34.9 Å². The summed E-state index contributed by atoms with van der Waals surface area (Å²) in [6, 6.07) is 17.7. The number of hydrogen-bond acceptors (Lipinski definition) is 2. The van der Waals surface area contributed by atoms with Gasteiger partial charge in [-0.25, -0.2) is 0 Å². The van der Waals surface area contributed by atoms with Crippen molar-refractivity contribution in [2.24, 2.45) is 0 Å². The predicted molar refractivity (Wildman–Crippen MR) is 96.0 cm³/mol. The molecule has 0 aliphatic rings. The summed E-state index contributed by atoms with van der Waals surface area (Å²) in [7, 11) is 0. The zero-order chi connectivity index (χ0) is 15.1. The van der Waals surface area contributed by atoms with E-state index in [9.17, 15) is 4.79 Å². The number of pyridine rings is 1. The Morgan fingerprint density at radius 2 is 1.87 bits per heavy atom. The van der Waals surface area contributed by atoms with Crippen molar-refractivity contribution in [1.82, 2.24) is 9.55 Å². The Morgan fingerprint density at radius 3 is 2.70 bits per heavy atom. The molecule has 0 spiro atoms. The lowest BCUT2D eigenvalue weighted by atomic mass is 10.2. The van der Waals surface area contributed by atoms with Gasteiger partial charge in [0.1, 0.15) is 0 Å². The molecule has 4 aromatic rings. The largest absolute Gasteiger partial charge is 0.316 e. The highest BCUT2D eigenvalue weighted by Gasteiger charge is 2.14. The molecule has 0 N–H and O–H groups in total. The molecule has 0 aliphatic carbocycles. The van der Waals surface area contributed by atoms with Crippen LogP contribution in [0, 0.1) is 0 Å². The number of fused-ring (bicyclic) bond motifs is 2. The van der Waals surface area contributed by atoms with Gasteiger partial charge in [0.05, 0.1) is 16.6 Å². The summed E-state index contributed by atoms with van der Waals surface area (Å²) in [6.45, 7) is 0. The number of para-hydroxylation sites is 1. The zero-order valence-corrected chi connectivity index (χ0v) is 13.5. The summed E-state index contributed by atoms with van der Waals surface area (Å²) < 4.78 is 1.98.